The molecule has 10 nitrogen and oxygen atoms in total. The van der Waals surface area contributed by atoms with E-state index in [9.17, 15) is 29.4 Å². The van der Waals surface area contributed by atoms with Gasteiger partial charge in [-0.2, -0.15) is 0 Å². The van der Waals surface area contributed by atoms with E-state index in [1.165, 1.54) is 5.01 Å². The molecule has 4 atom stereocenters. The average Bonchev–Trinajstić information content (AvgIpc) is 3.17. The third-order valence-electron chi connectivity index (χ3n) is 9.46. The third kappa shape index (κ3) is 30.6. The first-order valence-corrected chi connectivity index (χ1v) is 22.5. The Morgan fingerprint density at radius 3 is 1.45 bits per heavy atom. The van der Waals surface area contributed by atoms with Gasteiger partial charge in [0, 0.05) is 19.4 Å². The van der Waals surface area contributed by atoms with Crippen molar-refractivity contribution in [3.05, 3.63) is 24.3 Å². The Kier molecular flexibility index (Phi) is 36.0. The zero-order valence-corrected chi connectivity index (χ0v) is 36.0. The van der Waals surface area contributed by atoms with Gasteiger partial charge in [0.1, 0.15) is 24.0 Å². The molecule has 12 heteroatoms. The Morgan fingerprint density at radius 1 is 0.582 bits per heavy atom. The molecular formula is C43H76Cl2N2O8. The number of aliphatic hydroxyl groups is 2. The number of hydrazine groups is 1. The molecule has 0 aromatic rings. The molecule has 0 saturated heterocycles. The predicted octanol–water partition coefficient (Wildman–Crippen LogP) is 9.79. The van der Waals surface area contributed by atoms with Crippen LogP contribution in [0.15, 0.2) is 24.3 Å². The number of alkyl halides is 2. The molecule has 0 aliphatic rings. The predicted molar refractivity (Wildman–Crippen MR) is 224 cm³/mol. The Bertz CT molecular complexity index is 1040. The number of esters is 2. The van der Waals surface area contributed by atoms with E-state index in [1.54, 1.807) is 0 Å². The first-order valence-electron chi connectivity index (χ1n) is 21.4. The number of halogens is 2. The van der Waals surface area contributed by atoms with Gasteiger partial charge in [-0.3, -0.25) is 29.6 Å². The second-order valence-corrected chi connectivity index (χ2v) is 15.1. The molecule has 0 aliphatic carbocycles. The summed E-state index contributed by atoms with van der Waals surface area (Å²) in [5, 5.41) is 22.5. The summed E-state index contributed by atoms with van der Waals surface area (Å²) < 4.78 is 10.7. The highest BCUT2D eigenvalue weighted by atomic mass is 35.5. The summed E-state index contributed by atoms with van der Waals surface area (Å²) >= 11 is 11.2. The van der Waals surface area contributed by atoms with Crippen LogP contribution >= 0.6 is 23.2 Å². The molecule has 2 amide bonds. The van der Waals surface area contributed by atoms with E-state index in [1.807, 2.05) is 19.1 Å². The topological polar surface area (TPSA) is 142 Å². The van der Waals surface area contributed by atoms with E-state index in [0.717, 1.165) is 122 Å². The van der Waals surface area contributed by atoms with Crippen molar-refractivity contribution in [1.29, 1.82) is 0 Å². The molecule has 0 fully saturated rings. The maximum Gasteiger partial charge on any atom is 0.321 e. The van der Waals surface area contributed by atoms with Crippen LogP contribution < -0.4 is 5.43 Å². The zero-order valence-electron chi connectivity index (χ0n) is 34.5. The lowest BCUT2D eigenvalue weighted by molar-refractivity contribution is -0.153. The molecular weight excluding hydrogens is 743 g/mol. The van der Waals surface area contributed by atoms with Crippen molar-refractivity contribution in [1.82, 2.24) is 10.4 Å². The number of rotatable bonds is 36. The largest absolute Gasteiger partial charge is 0.459 e. The van der Waals surface area contributed by atoms with Crippen molar-refractivity contribution < 1.29 is 38.9 Å². The fraction of sp³-hybridized carbons (Fsp3) is 0.814. The minimum absolute atomic E-state index is 0.0368. The standard InChI is InChI=1S/C43H76Cl2N2O8/c1-4-7-21-29-38(54-42(52)34-44)36(48)27-23-17-13-9-11-15-19-25-31-40(50)46-47(33-6-3)41(51)32-26-20-16-12-10-14-18-24-28-37(49)39(30-22-8-5-2)55-43(53)35-45/h17-18,23-24,36-39,48-49H,4-16,19-22,25-35H2,1-3H3,(H,46,50). The first kappa shape index (κ1) is 52.9. The molecule has 320 valence electrons. The van der Waals surface area contributed by atoms with Crippen molar-refractivity contribution in [3.8, 4) is 0 Å². The summed E-state index contributed by atoms with van der Waals surface area (Å²) in [5.74, 6) is -1.58. The molecule has 0 bridgehead atoms. The van der Waals surface area contributed by atoms with Gasteiger partial charge in [0.25, 0.3) is 0 Å². The summed E-state index contributed by atoms with van der Waals surface area (Å²) in [6, 6.07) is 0. The molecule has 0 rings (SSSR count). The quantitative estimate of drug-likeness (QED) is 0.0187. The van der Waals surface area contributed by atoms with Crippen molar-refractivity contribution in [2.75, 3.05) is 18.3 Å². The number of amides is 2. The number of nitrogens with zero attached hydrogens (tertiary/aromatic N) is 1. The maximum atomic E-state index is 12.8. The second-order valence-electron chi connectivity index (χ2n) is 14.6. The minimum Gasteiger partial charge on any atom is -0.459 e. The zero-order chi connectivity index (χ0) is 40.9. The third-order valence-corrected chi connectivity index (χ3v) is 9.90. The van der Waals surface area contributed by atoms with Gasteiger partial charge >= 0.3 is 11.9 Å². The van der Waals surface area contributed by atoms with Gasteiger partial charge in [-0.25, -0.2) is 0 Å². The molecule has 0 aromatic heterocycles. The Labute approximate surface area is 343 Å². The van der Waals surface area contributed by atoms with Gasteiger partial charge in [0.05, 0.1) is 12.2 Å². The lowest BCUT2D eigenvalue weighted by Crippen LogP contribution is -2.46. The molecule has 55 heavy (non-hydrogen) atoms. The lowest BCUT2D eigenvalue weighted by atomic mass is 10.0. The van der Waals surface area contributed by atoms with Gasteiger partial charge in [0.15, 0.2) is 0 Å². The maximum absolute atomic E-state index is 12.8. The summed E-state index contributed by atoms with van der Waals surface area (Å²) in [6.07, 6.45) is 26.7. The van der Waals surface area contributed by atoms with Crippen LogP contribution in [0, 0.1) is 0 Å². The number of allylic oxidation sites excluding steroid dienone is 2. The number of carbonyl (C=O) groups is 4. The number of ether oxygens (including phenoxy) is 2. The number of hydrogen-bond donors (Lipinski definition) is 3. The van der Waals surface area contributed by atoms with E-state index in [2.05, 4.69) is 31.4 Å². The Hall–Kier alpha value is -2.14. The van der Waals surface area contributed by atoms with Crippen LogP contribution in [0.2, 0.25) is 0 Å². The van der Waals surface area contributed by atoms with E-state index in [-0.39, 0.29) is 23.6 Å². The summed E-state index contributed by atoms with van der Waals surface area (Å²) in [6.45, 7) is 6.70. The highest BCUT2D eigenvalue weighted by Gasteiger charge is 2.23. The number of nitrogens with one attached hydrogen (secondary N) is 1. The van der Waals surface area contributed by atoms with E-state index >= 15 is 0 Å². The van der Waals surface area contributed by atoms with E-state index < -0.39 is 36.4 Å². The molecule has 0 radical (unpaired) electrons. The second kappa shape index (κ2) is 37.4. The van der Waals surface area contributed by atoms with Crippen LogP contribution in [-0.4, -0.2) is 81.7 Å². The lowest BCUT2D eigenvalue weighted by Gasteiger charge is -2.23. The highest BCUT2D eigenvalue weighted by Crippen LogP contribution is 2.17. The summed E-state index contributed by atoms with van der Waals surface area (Å²) in [5.41, 5.74) is 2.83. The Morgan fingerprint density at radius 2 is 1.02 bits per heavy atom. The smallest absolute Gasteiger partial charge is 0.321 e. The highest BCUT2D eigenvalue weighted by molar-refractivity contribution is 6.26. The average molecular weight is 820 g/mol. The molecule has 0 aliphatic heterocycles. The van der Waals surface area contributed by atoms with Crippen molar-refractivity contribution in [2.24, 2.45) is 0 Å². The van der Waals surface area contributed by atoms with Crippen LogP contribution in [-0.2, 0) is 28.7 Å². The monoisotopic (exact) mass is 818 g/mol. The fourth-order valence-electron chi connectivity index (χ4n) is 6.22. The number of carbonyl (C=O) groups excluding carboxylic acids is 4. The summed E-state index contributed by atoms with van der Waals surface area (Å²) in [7, 11) is 0. The van der Waals surface area contributed by atoms with Crippen LogP contribution in [0.4, 0.5) is 0 Å². The van der Waals surface area contributed by atoms with E-state index in [4.69, 9.17) is 32.7 Å². The fourth-order valence-corrected chi connectivity index (χ4v) is 6.34. The Balaban J connectivity index is 4.16. The van der Waals surface area contributed by atoms with Gasteiger partial charge < -0.3 is 19.7 Å². The molecule has 0 aromatic carbocycles. The molecule has 0 saturated carbocycles. The molecule has 0 heterocycles. The number of hydrogen-bond acceptors (Lipinski definition) is 8. The minimum atomic E-state index is -0.739. The van der Waals surface area contributed by atoms with Crippen molar-refractivity contribution in [3.63, 3.8) is 0 Å². The molecule has 3 N–H and O–H groups in total. The van der Waals surface area contributed by atoms with Crippen LogP contribution in [0.3, 0.4) is 0 Å². The van der Waals surface area contributed by atoms with Crippen LogP contribution in [0.5, 0.6) is 0 Å². The number of unbranched alkanes of at least 4 members (excludes halogenated alkanes) is 14. The van der Waals surface area contributed by atoms with E-state index in [0.29, 0.717) is 45.1 Å². The molecule has 4 unspecified atom stereocenters. The first-order chi connectivity index (χ1) is 26.6. The van der Waals surface area contributed by atoms with Crippen LogP contribution in [0.1, 0.15) is 181 Å². The van der Waals surface area contributed by atoms with Crippen LogP contribution in [0.25, 0.3) is 0 Å². The normalized spacial score (nSPS) is 13.8. The summed E-state index contributed by atoms with van der Waals surface area (Å²) in [4.78, 5) is 48.7. The SMILES string of the molecule is CCCCCC(OC(=O)CCl)C(O)CC=CCCCCCCCC(=O)NN(CCC)C(=O)CCCCCCCC=CCC(O)C(CCCCC)OC(=O)CCl. The van der Waals surface area contributed by atoms with Gasteiger partial charge in [0.2, 0.25) is 11.8 Å². The molecule has 0 spiro atoms. The van der Waals surface area contributed by atoms with Gasteiger partial charge in [-0.1, -0.05) is 109 Å². The van der Waals surface area contributed by atoms with Crippen molar-refractivity contribution >= 4 is 47.0 Å². The van der Waals surface area contributed by atoms with Crippen molar-refractivity contribution in [2.45, 2.75) is 206 Å². The van der Waals surface area contributed by atoms with Gasteiger partial charge in [-0.05, 0) is 83.5 Å². The number of aliphatic hydroxyl groups excluding tert-OH is 2. The van der Waals surface area contributed by atoms with Gasteiger partial charge in [-0.15, -0.1) is 23.2 Å².